The molecular weight excluding hydrogens is 360 g/mol. The Balaban J connectivity index is 1.71. The van der Waals surface area contributed by atoms with Crippen LogP contribution in [0.15, 0.2) is 110 Å². The molecule has 1 heterocycles. The van der Waals surface area contributed by atoms with Crippen molar-refractivity contribution in [1.29, 1.82) is 0 Å². The van der Waals surface area contributed by atoms with Gasteiger partial charge in [-0.1, -0.05) is 31.4 Å². The van der Waals surface area contributed by atoms with Gasteiger partial charge in [0.2, 0.25) is 0 Å². The summed E-state index contributed by atoms with van der Waals surface area (Å²) < 4.78 is 0. The standard InChI is InChI=1S/C24H22N4O/c1-3-7-19(4-2)26-22-10-6-11-23(17-22)28-24(29)18-8-5-9-21(16-18)27-20-12-14-25-15-13-20/h3-17,26H,1-2H2,(H,25,27)(H,28,29)/b19-7+. The first-order chi connectivity index (χ1) is 14.2. The predicted octanol–water partition coefficient (Wildman–Crippen LogP) is 5.75. The van der Waals surface area contributed by atoms with Gasteiger partial charge in [-0.2, -0.15) is 0 Å². The Labute approximate surface area is 170 Å². The number of aromatic nitrogens is 1. The van der Waals surface area contributed by atoms with E-state index in [9.17, 15) is 4.79 Å². The summed E-state index contributed by atoms with van der Waals surface area (Å²) in [5, 5.41) is 9.41. The Hall–Kier alpha value is -4.12. The lowest BCUT2D eigenvalue weighted by atomic mass is 10.1. The Morgan fingerprint density at radius 3 is 2.24 bits per heavy atom. The van der Waals surface area contributed by atoms with E-state index in [4.69, 9.17) is 0 Å². The summed E-state index contributed by atoms with van der Waals surface area (Å²) in [5.41, 5.74) is 4.63. The third kappa shape index (κ3) is 5.68. The Bertz CT molecular complexity index is 1040. The van der Waals surface area contributed by atoms with Crippen LogP contribution in [0.25, 0.3) is 0 Å². The van der Waals surface area contributed by atoms with Crippen LogP contribution in [-0.4, -0.2) is 10.9 Å². The van der Waals surface area contributed by atoms with Crippen molar-refractivity contribution in [3.63, 3.8) is 0 Å². The summed E-state index contributed by atoms with van der Waals surface area (Å²) in [6.07, 6.45) is 8.63. The van der Waals surface area contributed by atoms with Crippen LogP contribution in [0.3, 0.4) is 0 Å². The second-order valence-corrected chi connectivity index (χ2v) is 6.16. The molecule has 0 aliphatic heterocycles. The molecule has 1 aromatic heterocycles. The van der Waals surface area contributed by atoms with Crippen molar-refractivity contribution in [2.45, 2.75) is 0 Å². The topological polar surface area (TPSA) is 66.0 Å². The summed E-state index contributed by atoms with van der Waals surface area (Å²) in [4.78, 5) is 16.7. The average molecular weight is 382 g/mol. The van der Waals surface area contributed by atoms with Crippen molar-refractivity contribution in [3.8, 4) is 0 Å². The van der Waals surface area contributed by atoms with Gasteiger partial charge in [0.25, 0.3) is 5.91 Å². The molecule has 0 spiro atoms. The average Bonchev–Trinajstić information content (AvgIpc) is 2.74. The molecule has 2 aromatic carbocycles. The molecule has 0 unspecified atom stereocenters. The van der Waals surface area contributed by atoms with Gasteiger partial charge in [0.1, 0.15) is 0 Å². The minimum absolute atomic E-state index is 0.189. The number of carbonyl (C=O) groups is 1. The van der Waals surface area contributed by atoms with Crippen LogP contribution in [0.4, 0.5) is 22.7 Å². The van der Waals surface area contributed by atoms with Gasteiger partial charge in [0, 0.05) is 46.4 Å². The number of pyridine rings is 1. The van der Waals surface area contributed by atoms with Gasteiger partial charge in [-0.15, -0.1) is 0 Å². The minimum atomic E-state index is -0.189. The number of carbonyl (C=O) groups excluding carboxylic acids is 1. The second kappa shape index (κ2) is 9.71. The first-order valence-electron chi connectivity index (χ1n) is 9.08. The van der Waals surface area contributed by atoms with E-state index in [2.05, 4.69) is 34.1 Å². The van der Waals surface area contributed by atoms with E-state index < -0.39 is 0 Å². The first-order valence-corrected chi connectivity index (χ1v) is 9.08. The Morgan fingerprint density at radius 1 is 0.828 bits per heavy atom. The number of amides is 1. The van der Waals surface area contributed by atoms with E-state index in [0.29, 0.717) is 11.3 Å². The van der Waals surface area contributed by atoms with E-state index in [1.807, 2.05) is 54.6 Å². The van der Waals surface area contributed by atoms with Gasteiger partial charge in [-0.25, -0.2) is 0 Å². The fourth-order valence-corrected chi connectivity index (χ4v) is 2.67. The van der Waals surface area contributed by atoms with Crippen LogP contribution in [0, 0.1) is 0 Å². The molecule has 1 amide bonds. The van der Waals surface area contributed by atoms with Crippen molar-refractivity contribution < 1.29 is 4.79 Å². The number of benzene rings is 2. The van der Waals surface area contributed by atoms with Crippen LogP contribution >= 0.6 is 0 Å². The molecule has 5 nitrogen and oxygen atoms in total. The molecule has 0 atom stereocenters. The molecule has 0 saturated carbocycles. The molecule has 0 aliphatic rings. The maximum absolute atomic E-state index is 12.7. The number of rotatable bonds is 8. The third-order valence-corrected chi connectivity index (χ3v) is 4.02. The summed E-state index contributed by atoms with van der Waals surface area (Å²) in [5.74, 6) is -0.189. The maximum Gasteiger partial charge on any atom is 0.255 e. The largest absolute Gasteiger partial charge is 0.355 e. The molecule has 29 heavy (non-hydrogen) atoms. The number of hydrogen-bond donors (Lipinski definition) is 3. The number of allylic oxidation sites excluding steroid dienone is 3. The minimum Gasteiger partial charge on any atom is -0.355 e. The Morgan fingerprint density at radius 2 is 1.52 bits per heavy atom. The lowest BCUT2D eigenvalue weighted by Crippen LogP contribution is -2.12. The van der Waals surface area contributed by atoms with Crippen LogP contribution < -0.4 is 16.0 Å². The van der Waals surface area contributed by atoms with Crippen LogP contribution in [0.5, 0.6) is 0 Å². The summed E-state index contributed by atoms with van der Waals surface area (Å²) in [6.45, 7) is 7.45. The third-order valence-electron chi connectivity index (χ3n) is 4.02. The van der Waals surface area contributed by atoms with E-state index in [-0.39, 0.29) is 5.91 Å². The van der Waals surface area contributed by atoms with Gasteiger partial charge in [-0.3, -0.25) is 9.78 Å². The molecule has 0 aliphatic carbocycles. The van der Waals surface area contributed by atoms with Gasteiger partial charge < -0.3 is 16.0 Å². The monoisotopic (exact) mass is 382 g/mol. The number of anilines is 4. The van der Waals surface area contributed by atoms with Crippen LogP contribution in [0.2, 0.25) is 0 Å². The van der Waals surface area contributed by atoms with Gasteiger partial charge in [0.05, 0.1) is 0 Å². The quantitative estimate of drug-likeness (QED) is 0.434. The van der Waals surface area contributed by atoms with Crippen molar-refractivity contribution in [1.82, 2.24) is 4.98 Å². The zero-order valence-corrected chi connectivity index (χ0v) is 15.9. The smallest absolute Gasteiger partial charge is 0.255 e. The van der Waals surface area contributed by atoms with Gasteiger partial charge in [-0.05, 0) is 60.7 Å². The zero-order chi connectivity index (χ0) is 20.5. The molecule has 0 radical (unpaired) electrons. The fourth-order valence-electron chi connectivity index (χ4n) is 2.67. The highest BCUT2D eigenvalue weighted by Gasteiger charge is 2.08. The van der Waals surface area contributed by atoms with E-state index >= 15 is 0 Å². The van der Waals surface area contributed by atoms with E-state index in [1.54, 1.807) is 36.7 Å². The summed E-state index contributed by atoms with van der Waals surface area (Å²) in [7, 11) is 0. The molecule has 0 fully saturated rings. The van der Waals surface area contributed by atoms with Gasteiger partial charge in [0.15, 0.2) is 0 Å². The molecule has 144 valence electrons. The van der Waals surface area contributed by atoms with Crippen molar-refractivity contribution >= 4 is 28.7 Å². The van der Waals surface area contributed by atoms with Crippen LogP contribution in [0.1, 0.15) is 10.4 Å². The first kappa shape index (κ1) is 19.6. The highest BCUT2D eigenvalue weighted by atomic mass is 16.1. The molecule has 3 aromatic rings. The predicted molar refractivity (Wildman–Crippen MR) is 120 cm³/mol. The number of hydrogen-bond acceptors (Lipinski definition) is 4. The van der Waals surface area contributed by atoms with E-state index in [1.165, 1.54) is 0 Å². The fraction of sp³-hybridized carbons (Fsp3) is 0. The SMILES string of the molecule is C=C/C=C(\C=C)Nc1cccc(NC(=O)c2cccc(Nc3ccncc3)c2)c1. The molecule has 3 rings (SSSR count). The van der Waals surface area contributed by atoms with Crippen molar-refractivity contribution in [2.75, 3.05) is 16.0 Å². The lowest BCUT2D eigenvalue weighted by Gasteiger charge is -2.11. The molecule has 0 bridgehead atoms. The lowest BCUT2D eigenvalue weighted by molar-refractivity contribution is 0.102. The molecule has 0 saturated heterocycles. The highest BCUT2D eigenvalue weighted by Crippen LogP contribution is 2.20. The van der Waals surface area contributed by atoms with Crippen LogP contribution in [-0.2, 0) is 0 Å². The van der Waals surface area contributed by atoms with E-state index in [0.717, 1.165) is 22.8 Å². The van der Waals surface area contributed by atoms with Crippen molar-refractivity contribution in [3.05, 3.63) is 116 Å². The maximum atomic E-state index is 12.7. The number of nitrogens with one attached hydrogen (secondary N) is 3. The normalized spacial score (nSPS) is 10.7. The molecule has 5 heteroatoms. The van der Waals surface area contributed by atoms with Gasteiger partial charge >= 0.3 is 0 Å². The molecular formula is C24H22N4O. The Kier molecular flexibility index (Phi) is 6.58. The highest BCUT2D eigenvalue weighted by molar-refractivity contribution is 6.05. The molecule has 3 N–H and O–H groups in total. The van der Waals surface area contributed by atoms with Crippen molar-refractivity contribution in [2.24, 2.45) is 0 Å². The summed E-state index contributed by atoms with van der Waals surface area (Å²) in [6, 6.07) is 18.5. The zero-order valence-electron chi connectivity index (χ0n) is 15.9. The summed E-state index contributed by atoms with van der Waals surface area (Å²) >= 11 is 0. The second-order valence-electron chi connectivity index (χ2n) is 6.16. The number of nitrogens with zero attached hydrogens (tertiary/aromatic N) is 1.